The standard InChI is InChI=1S/C15H24.C14H22O/c1-7-13-11(4)8-15(10(2)3)12(5)9-14(13,15)6;1-9(2)14-6-10(3)12(8-15)13(14,5)7-11(14)4/h10,13H,4-5,7-9H2,1-3,6H3;9,12,15H,3-4,6-8H2,1-2,5H3. The number of allylic oxidation sites excluding steroid dienone is 3. The van der Waals surface area contributed by atoms with E-state index in [2.05, 4.69) is 74.8 Å². The van der Waals surface area contributed by atoms with Crippen molar-refractivity contribution in [1.29, 1.82) is 0 Å². The van der Waals surface area contributed by atoms with Crippen molar-refractivity contribution in [1.82, 2.24) is 0 Å². The molecule has 0 aliphatic heterocycles. The zero-order valence-electron chi connectivity index (χ0n) is 20.8. The van der Waals surface area contributed by atoms with Crippen LogP contribution in [0.1, 0.15) is 80.6 Å². The third-order valence-electron chi connectivity index (χ3n) is 10.6. The summed E-state index contributed by atoms with van der Waals surface area (Å²) in [6, 6.07) is 0. The maximum Gasteiger partial charge on any atom is 0.0502 e. The van der Waals surface area contributed by atoms with Crippen molar-refractivity contribution in [3.8, 4) is 0 Å². The summed E-state index contributed by atoms with van der Waals surface area (Å²) in [4.78, 5) is 0. The van der Waals surface area contributed by atoms with Crippen molar-refractivity contribution in [2.24, 2.45) is 45.3 Å². The molecule has 1 heteroatoms. The van der Waals surface area contributed by atoms with E-state index < -0.39 is 0 Å². The minimum atomic E-state index is 0.212. The number of rotatable bonds is 4. The van der Waals surface area contributed by atoms with Crippen LogP contribution in [-0.4, -0.2) is 11.7 Å². The Balaban J connectivity index is 0.000000171. The van der Waals surface area contributed by atoms with E-state index in [9.17, 15) is 5.11 Å². The zero-order valence-corrected chi connectivity index (χ0v) is 20.8. The van der Waals surface area contributed by atoms with Gasteiger partial charge in [0, 0.05) is 16.7 Å². The van der Waals surface area contributed by atoms with Gasteiger partial charge in [-0.25, -0.2) is 0 Å². The first-order chi connectivity index (χ1) is 13.8. The highest BCUT2D eigenvalue weighted by atomic mass is 16.3. The smallest absolute Gasteiger partial charge is 0.0502 e. The summed E-state index contributed by atoms with van der Waals surface area (Å²) in [7, 11) is 0. The van der Waals surface area contributed by atoms with Gasteiger partial charge in [0.25, 0.3) is 0 Å². The molecule has 4 fully saturated rings. The Hall–Kier alpha value is -1.08. The Kier molecular flexibility index (Phi) is 5.68. The average Bonchev–Trinajstić information content (AvgIpc) is 2.94. The molecule has 0 heterocycles. The lowest BCUT2D eigenvalue weighted by Crippen LogP contribution is -2.53. The Morgan fingerprint density at radius 1 is 0.767 bits per heavy atom. The third kappa shape index (κ3) is 2.51. The second-order valence-corrected chi connectivity index (χ2v) is 12.0. The molecule has 1 N–H and O–H groups in total. The largest absolute Gasteiger partial charge is 0.396 e. The van der Waals surface area contributed by atoms with E-state index >= 15 is 0 Å². The second kappa shape index (κ2) is 7.22. The van der Waals surface area contributed by atoms with Crippen LogP contribution >= 0.6 is 0 Å². The summed E-state index contributed by atoms with van der Waals surface area (Å²) >= 11 is 0. The van der Waals surface area contributed by atoms with Crippen LogP contribution in [0.25, 0.3) is 0 Å². The van der Waals surface area contributed by atoms with E-state index in [0.29, 0.717) is 22.7 Å². The Morgan fingerprint density at radius 2 is 1.13 bits per heavy atom. The molecule has 4 saturated carbocycles. The first-order valence-electron chi connectivity index (χ1n) is 12.1. The fraction of sp³-hybridized carbons (Fsp3) is 0.724. The summed E-state index contributed by atoms with van der Waals surface area (Å²) < 4.78 is 0. The third-order valence-corrected chi connectivity index (χ3v) is 10.6. The molecule has 0 bridgehead atoms. The molecule has 1 nitrogen and oxygen atoms in total. The fourth-order valence-corrected chi connectivity index (χ4v) is 9.11. The summed E-state index contributed by atoms with van der Waals surface area (Å²) in [6.45, 7) is 33.6. The van der Waals surface area contributed by atoms with Crippen LogP contribution in [0.15, 0.2) is 48.6 Å². The van der Waals surface area contributed by atoms with Crippen molar-refractivity contribution >= 4 is 0 Å². The van der Waals surface area contributed by atoms with Gasteiger partial charge in [-0.1, -0.05) is 97.1 Å². The van der Waals surface area contributed by atoms with Gasteiger partial charge in [0.05, 0.1) is 6.61 Å². The van der Waals surface area contributed by atoms with Crippen molar-refractivity contribution in [2.45, 2.75) is 80.6 Å². The lowest BCUT2D eigenvalue weighted by Gasteiger charge is -2.60. The van der Waals surface area contributed by atoms with Gasteiger partial charge in [0.1, 0.15) is 0 Å². The van der Waals surface area contributed by atoms with Gasteiger partial charge in [-0.3, -0.25) is 0 Å². The molecular weight excluding hydrogens is 364 g/mol. The van der Waals surface area contributed by atoms with Crippen LogP contribution in [0, 0.1) is 45.3 Å². The minimum Gasteiger partial charge on any atom is -0.396 e. The molecule has 0 spiro atoms. The van der Waals surface area contributed by atoms with E-state index in [0.717, 1.165) is 18.8 Å². The van der Waals surface area contributed by atoms with E-state index in [1.165, 1.54) is 41.6 Å². The van der Waals surface area contributed by atoms with Crippen LogP contribution in [0.2, 0.25) is 0 Å². The molecule has 6 atom stereocenters. The van der Waals surface area contributed by atoms with Gasteiger partial charge >= 0.3 is 0 Å². The Bertz CT molecular complexity index is 718. The molecule has 168 valence electrons. The van der Waals surface area contributed by atoms with E-state index in [4.69, 9.17) is 0 Å². The van der Waals surface area contributed by atoms with Crippen molar-refractivity contribution in [3.05, 3.63) is 48.6 Å². The first kappa shape index (κ1) is 23.6. The Morgan fingerprint density at radius 3 is 1.40 bits per heavy atom. The van der Waals surface area contributed by atoms with Crippen LogP contribution in [0.4, 0.5) is 0 Å². The summed E-state index contributed by atoms with van der Waals surface area (Å²) in [6.07, 6.45) is 5.76. The van der Waals surface area contributed by atoms with Crippen LogP contribution in [0.3, 0.4) is 0 Å². The van der Waals surface area contributed by atoms with Gasteiger partial charge in [0.2, 0.25) is 0 Å². The highest BCUT2D eigenvalue weighted by Gasteiger charge is 2.68. The molecule has 4 aliphatic rings. The van der Waals surface area contributed by atoms with Crippen molar-refractivity contribution in [2.75, 3.05) is 6.61 Å². The molecule has 0 radical (unpaired) electrons. The molecule has 0 aromatic carbocycles. The van der Waals surface area contributed by atoms with Crippen LogP contribution in [0.5, 0.6) is 0 Å². The summed E-state index contributed by atoms with van der Waals surface area (Å²) in [5, 5.41) is 9.52. The SMILES string of the molecule is C=C1CC2(C(C)C)C(=C)CC2(C)C1CC.C=C1CC2(C(C)C)C(=C)CC2(C)C1CO. The van der Waals surface area contributed by atoms with E-state index in [-0.39, 0.29) is 23.4 Å². The monoisotopic (exact) mass is 410 g/mol. The molecule has 4 aliphatic carbocycles. The van der Waals surface area contributed by atoms with Crippen molar-refractivity contribution in [3.63, 3.8) is 0 Å². The molecule has 6 unspecified atom stereocenters. The Labute approximate surface area is 186 Å². The van der Waals surface area contributed by atoms with Gasteiger partial charge in [0.15, 0.2) is 0 Å². The highest BCUT2D eigenvalue weighted by Crippen LogP contribution is 2.76. The van der Waals surface area contributed by atoms with Crippen LogP contribution in [-0.2, 0) is 0 Å². The first-order valence-corrected chi connectivity index (χ1v) is 12.1. The maximum atomic E-state index is 9.52. The lowest BCUT2D eigenvalue weighted by atomic mass is 9.43. The molecule has 0 amide bonds. The fourth-order valence-electron chi connectivity index (χ4n) is 9.11. The van der Waals surface area contributed by atoms with E-state index in [1.54, 1.807) is 0 Å². The lowest BCUT2D eigenvalue weighted by molar-refractivity contribution is -0.0430. The van der Waals surface area contributed by atoms with Crippen molar-refractivity contribution < 1.29 is 5.11 Å². The topological polar surface area (TPSA) is 20.2 Å². The number of aliphatic hydroxyl groups is 1. The number of hydrogen-bond acceptors (Lipinski definition) is 1. The quantitative estimate of drug-likeness (QED) is 0.470. The molecule has 0 saturated heterocycles. The summed E-state index contributed by atoms with van der Waals surface area (Å²) in [5.74, 6) is 2.31. The molecule has 4 rings (SSSR count). The molecular formula is C29H46O. The number of aliphatic hydroxyl groups excluding tert-OH is 1. The normalized spacial score (nSPS) is 44.5. The van der Waals surface area contributed by atoms with E-state index in [1.807, 2.05) is 0 Å². The zero-order chi connectivity index (χ0) is 22.9. The summed E-state index contributed by atoms with van der Waals surface area (Å²) in [5.41, 5.74) is 6.84. The molecule has 0 aromatic heterocycles. The predicted octanol–water partition coefficient (Wildman–Crippen LogP) is 7.74. The molecule has 0 aromatic rings. The predicted molar refractivity (Wildman–Crippen MR) is 130 cm³/mol. The van der Waals surface area contributed by atoms with Gasteiger partial charge in [-0.15, -0.1) is 0 Å². The number of hydrogen-bond donors (Lipinski definition) is 1. The minimum absolute atomic E-state index is 0.212. The maximum absolute atomic E-state index is 9.52. The average molecular weight is 411 g/mol. The van der Waals surface area contributed by atoms with Gasteiger partial charge in [-0.05, 0) is 60.7 Å². The van der Waals surface area contributed by atoms with Gasteiger partial charge < -0.3 is 5.11 Å². The van der Waals surface area contributed by atoms with Crippen LogP contribution < -0.4 is 0 Å². The molecule has 30 heavy (non-hydrogen) atoms. The second-order valence-electron chi connectivity index (χ2n) is 12.0. The highest BCUT2D eigenvalue weighted by molar-refractivity contribution is 5.42. The number of fused-ring (bicyclic) bond motifs is 2. The van der Waals surface area contributed by atoms with Gasteiger partial charge in [-0.2, -0.15) is 0 Å².